The van der Waals surface area contributed by atoms with E-state index in [0.29, 0.717) is 34.9 Å². The zero-order valence-corrected chi connectivity index (χ0v) is 14.5. The van der Waals surface area contributed by atoms with Crippen LogP contribution >= 0.6 is 0 Å². The monoisotopic (exact) mass is 337 g/mol. The molecule has 0 radical (unpaired) electrons. The predicted molar refractivity (Wildman–Crippen MR) is 101 cm³/mol. The van der Waals surface area contributed by atoms with Crippen molar-refractivity contribution in [3.05, 3.63) is 78.0 Å². The zero-order chi connectivity index (χ0) is 18.2. The normalized spacial score (nSPS) is 11.6. The van der Waals surface area contributed by atoms with Crippen LogP contribution in [-0.4, -0.2) is 10.9 Å². The Hall–Kier alpha value is -3.05. The third-order valence-electron chi connectivity index (χ3n) is 3.65. The summed E-state index contributed by atoms with van der Waals surface area (Å²) in [5, 5.41) is 1.15. The minimum absolute atomic E-state index is 0.324. The zero-order valence-electron chi connectivity index (χ0n) is 14.5. The minimum atomic E-state index is -0.324. The number of allylic oxidation sites excluding steroid dienone is 3. The lowest BCUT2D eigenvalue weighted by atomic mass is 10.1. The summed E-state index contributed by atoms with van der Waals surface area (Å²) in [7, 11) is 0. The summed E-state index contributed by atoms with van der Waals surface area (Å²) >= 11 is 0. The highest BCUT2D eigenvalue weighted by molar-refractivity contribution is 5.96. The number of para-hydroxylation sites is 1. The Balaban J connectivity index is 2.17. The fraction of sp³-hybridized carbons (Fsp3) is 0.150. The highest BCUT2D eigenvalue weighted by atomic mass is 16.5. The van der Waals surface area contributed by atoms with Crippen molar-refractivity contribution < 1.29 is 9.53 Å². The molecule has 0 aliphatic carbocycles. The first-order valence-corrected chi connectivity index (χ1v) is 8.04. The van der Waals surface area contributed by atoms with Gasteiger partial charge >= 0.3 is 0 Å². The van der Waals surface area contributed by atoms with E-state index in [1.165, 1.54) is 0 Å². The molecular formula is C20H23N3O2. The van der Waals surface area contributed by atoms with Crippen molar-refractivity contribution in [3.8, 4) is 11.5 Å². The Kier molecular flexibility index (Phi) is 6.37. The Morgan fingerprint density at radius 2 is 1.88 bits per heavy atom. The number of hydrazine groups is 1. The van der Waals surface area contributed by atoms with Crippen LogP contribution in [0.3, 0.4) is 0 Å². The predicted octanol–water partition coefficient (Wildman–Crippen LogP) is 4.25. The molecule has 0 unspecified atom stereocenters. The molecule has 0 heterocycles. The number of hydrogen-bond donors (Lipinski definition) is 2. The molecular weight excluding hydrogens is 314 g/mol. The lowest BCUT2D eigenvalue weighted by molar-refractivity contribution is 0.0802. The molecule has 4 N–H and O–H groups in total. The van der Waals surface area contributed by atoms with Crippen LogP contribution in [0, 0.1) is 0 Å². The van der Waals surface area contributed by atoms with Crippen LogP contribution in [0.2, 0.25) is 0 Å². The fourth-order valence-corrected chi connectivity index (χ4v) is 2.25. The SMILES string of the molecule is C/C=C\C/C(=C\C)N(N)C(=O)c1ccc(Oc2ccccc2)c(N)c1. The minimum Gasteiger partial charge on any atom is -0.455 e. The number of nitrogens with zero attached hydrogens (tertiary/aromatic N) is 1. The van der Waals surface area contributed by atoms with Crippen LogP contribution in [0.25, 0.3) is 0 Å². The molecule has 5 nitrogen and oxygen atoms in total. The molecule has 0 fully saturated rings. The van der Waals surface area contributed by atoms with E-state index in [0.717, 1.165) is 5.01 Å². The molecule has 0 spiro atoms. The van der Waals surface area contributed by atoms with Crippen molar-refractivity contribution in [2.75, 3.05) is 5.73 Å². The Labute approximate surface area is 148 Å². The van der Waals surface area contributed by atoms with Gasteiger partial charge in [-0.3, -0.25) is 4.79 Å². The third-order valence-corrected chi connectivity index (χ3v) is 3.65. The van der Waals surface area contributed by atoms with Gasteiger partial charge in [-0.15, -0.1) is 0 Å². The summed E-state index contributed by atoms with van der Waals surface area (Å²) in [4.78, 5) is 12.6. The van der Waals surface area contributed by atoms with Gasteiger partial charge in [-0.2, -0.15) is 0 Å². The summed E-state index contributed by atoms with van der Waals surface area (Å²) in [6, 6.07) is 14.2. The van der Waals surface area contributed by atoms with Crippen LogP contribution in [-0.2, 0) is 0 Å². The van der Waals surface area contributed by atoms with E-state index in [9.17, 15) is 4.79 Å². The first-order chi connectivity index (χ1) is 12.1. The summed E-state index contributed by atoms with van der Waals surface area (Å²) < 4.78 is 5.72. The fourth-order valence-electron chi connectivity index (χ4n) is 2.25. The molecule has 0 aliphatic rings. The first kappa shape index (κ1) is 18.3. The van der Waals surface area contributed by atoms with Gasteiger partial charge in [0.1, 0.15) is 11.5 Å². The second-order valence-corrected chi connectivity index (χ2v) is 5.40. The van der Waals surface area contributed by atoms with Crippen LogP contribution in [0.1, 0.15) is 30.6 Å². The number of nitrogen functional groups attached to an aromatic ring is 1. The number of carbonyl (C=O) groups excluding carboxylic acids is 1. The van der Waals surface area contributed by atoms with Gasteiger partial charge in [0.05, 0.1) is 5.69 Å². The van der Waals surface area contributed by atoms with Crippen LogP contribution in [0.4, 0.5) is 5.69 Å². The number of rotatable bonds is 6. The quantitative estimate of drug-likeness (QED) is 0.271. The lowest BCUT2D eigenvalue weighted by Gasteiger charge is -2.19. The molecule has 1 amide bonds. The molecule has 0 bridgehead atoms. The van der Waals surface area contributed by atoms with E-state index in [1.54, 1.807) is 18.2 Å². The molecule has 25 heavy (non-hydrogen) atoms. The van der Waals surface area contributed by atoms with E-state index in [2.05, 4.69) is 0 Å². The van der Waals surface area contributed by atoms with E-state index in [4.69, 9.17) is 16.3 Å². The van der Waals surface area contributed by atoms with Gasteiger partial charge < -0.3 is 10.5 Å². The van der Waals surface area contributed by atoms with Crippen LogP contribution in [0.15, 0.2) is 72.5 Å². The van der Waals surface area contributed by atoms with E-state index in [1.807, 2.05) is 62.4 Å². The number of benzene rings is 2. The Bertz CT molecular complexity index is 783. The Morgan fingerprint density at radius 3 is 2.48 bits per heavy atom. The number of carbonyl (C=O) groups is 1. The lowest BCUT2D eigenvalue weighted by Crippen LogP contribution is -2.36. The molecule has 0 aliphatic heterocycles. The van der Waals surface area contributed by atoms with E-state index < -0.39 is 0 Å². The maximum Gasteiger partial charge on any atom is 0.272 e. The molecule has 2 aromatic rings. The number of anilines is 1. The van der Waals surface area contributed by atoms with Crippen molar-refractivity contribution >= 4 is 11.6 Å². The number of amides is 1. The molecule has 130 valence electrons. The number of hydrogen-bond acceptors (Lipinski definition) is 4. The third kappa shape index (κ3) is 4.71. The standard InChI is InChI=1S/C20H23N3O2/c1-3-5-9-16(4-2)23(22)20(24)15-12-13-19(18(21)14-15)25-17-10-7-6-8-11-17/h3-8,10-14H,9,21-22H2,1-2H3/b5-3-,16-4+. The number of nitrogens with two attached hydrogens (primary N) is 2. The van der Waals surface area contributed by atoms with Crippen molar-refractivity contribution in [1.82, 2.24) is 5.01 Å². The van der Waals surface area contributed by atoms with Crippen molar-refractivity contribution in [3.63, 3.8) is 0 Å². The highest BCUT2D eigenvalue weighted by Crippen LogP contribution is 2.28. The van der Waals surface area contributed by atoms with Gasteiger partial charge in [0.25, 0.3) is 5.91 Å². The maximum atomic E-state index is 12.6. The maximum absolute atomic E-state index is 12.6. The summed E-state index contributed by atoms with van der Waals surface area (Å²) in [6.45, 7) is 3.76. The second-order valence-electron chi connectivity index (χ2n) is 5.40. The van der Waals surface area contributed by atoms with Crippen molar-refractivity contribution in [1.29, 1.82) is 0 Å². The van der Waals surface area contributed by atoms with Crippen LogP contribution < -0.4 is 16.3 Å². The summed E-state index contributed by atoms with van der Waals surface area (Å²) in [5.41, 5.74) is 7.52. The largest absolute Gasteiger partial charge is 0.455 e. The molecule has 2 aromatic carbocycles. The molecule has 0 atom stereocenters. The average Bonchev–Trinajstić information content (AvgIpc) is 2.64. The van der Waals surface area contributed by atoms with Gasteiger partial charge in [-0.1, -0.05) is 36.4 Å². The molecule has 0 saturated carbocycles. The molecule has 2 rings (SSSR count). The topological polar surface area (TPSA) is 81.6 Å². The molecule has 0 saturated heterocycles. The van der Waals surface area contributed by atoms with Gasteiger partial charge in [0, 0.05) is 17.7 Å². The highest BCUT2D eigenvalue weighted by Gasteiger charge is 2.17. The first-order valence-electron chi connectivity index (χ1n) is 8.04. The summed E-state index contributed by atoms with van der Waals surface area (Å²) in [5.74, 6) is 6.81. The van der Waals surface area contributed by atoms with Crippen molar-refractivity contribution in [2.24, 2.45) is 5.84 Å². The molecule has 5 heteroatoms. The summed E-state index contributed by atoms with van der Waals surface area (Å²) in [6.07, 6.45) is 6.25. The smallest absolute Gasteiger partial charge is 0.272 e. The number of ether oxygens (including phenoxy) is 1. The average molecular weight is 337 g/mol. The van der Waals surface area contributed by atoms with E-state index in [-0.39, 0.29) is 5.91 Å². The van der Waals surface area contributed by atoms with Gasteiger partial charge in [0.2, 0.25) is 0 Å². The van der Waals surface area contributed by atoms with Gasteiger partial charge in [-0.25, -0.2) is 10.9 Å². The van der Waals surface area contributed by atoms with E-state index >= 15 is 0 Å². The van der Waals surface area contributed by atoms with Crippen LogP contribution in [0.5, 0.6) is 11.5 Å². The van der Waals surface area contributed by atoms with Crippen molar-refractivity contribution in [2.45, 2.75) is 20.3 Å². The molecule has 0 aromatic heterocycles. The van der Waals surface area contributed by atoms with Gasteiger partial charge in [0.15, 0.2) is 0 Å². The van der Waals surface area contributed by atoms with Gasteiger partial charge in [-0.05, 0) is 44.2 Å². The Morgan fingerprint density at radius 1 is 1.16 bits per heavy atom. The second kappa shape index (κ2) is 8.70.